The van der Waals surface area contributed by atoms with Gasteiger partial charge in [-0.25, -0.2) is 0 Å². The number of rotatable bonds is 5. The van der Waals surface area contributed by atoms with E-state index in [0.29, 0.717) is 19.1 Å². The van der Waals surface area contributed by atoms with Crippen LogP contribution >= 0.6 is 0 Å². The summed E-state index contributed by atoms with van der Waals surface area (Å²) in [6.07, 6.45) is 3.57. The fraction of sp³-hybridized carbons (Fsp3) is 0.636. The number of hydrogen-bond donors (Lipinski definition) is 2. The third-order valence-corrected chi connectivity index (χ3v) is 2.92. The lowest BCUT2D eigenvalue weighted by Crippen LogP contribution is -2.42. The second kappa shape index (κ2) is 5.79. The van der Waals surface area contributed by atoms with Gasteiger partial charge in [-0.1, -0.05) is 5.16 Å². The lowest BCUT2D eigenvalue weighted by molar-refractivity contribution is 0.0696. The van der Waals surface area contributed by atoms with Crippen molar-refractivity contribution in [2.75, 3.05) is 26.2 Å². The quantitative estimate of drug-likeness (QED) is 0.747. The molecule has 6 heteroatoms. The Bertz CT molecular complexity index is 347. The number of aromatic nitrogens is 1. The van der Waals surface area contributed by atoms with Crippen molar-refractivity contribution in [2.45, 2.75) is 18.9 Å². The smallest absolute Gasteiger partial charge is 0.276 e. The third-order valence-electron chi connectivity index (χ3n) is 2.92. The van der Waals surface area contributed by atoms with Crippen molar-refractivity contribution in [3.05, 3.63) is 18.0 Å². The van der Waals surface area contributed by atoms with E-state index in [-0.39, 0.29) is 18.2 Å². The topological polar surface area (TPSA) is 78.6 Å². The molecule has 6 nitrogen and oxygen atoms in total. The Morgan fingerprint density at radius 3 is 3.18 bits per heavy atom. The number of nitrogens with zero attached hydrogens (tertiary/aromatic N) is 2. The molecule has 1 aromatic heterocycles. The number of carbonyl (C=O) groups excluding carboxylic acids is 1. The first-order valence-electron chi connectivity index (χ1n) is 5.85. The first-order valence-corrected chi connectivity index (χ1v) is 5.85. The largest absolute Gasteiger partial charge is 0.395 e. The van der Waals surface area contributed by atoms with Crippen molar-refractivity contribution >= 4 is 5.91 Å². The summed E-state index contributed by atoms with van der Waals surface area (Å²) >= 11 is 0. The molecule has 1 saturated heterocycles. The lowest BCUT2D eigenvalue weighted by Gasteiger charge is -2.24. The Morgan fingerprint density at radius 1 is 1.71 bits per heavy atom. The van der Waals surface area contributed by atoms with E-state index in [2.05, 4.69) is 15.0 Å². The first kappa shape index (κ1) is 12.1. The van der Waals surface area contributed by atoms with E-state index in [0.717, 1.165) is 19.4 Å². The maximum atomic E-state index is 12.0. The summed E-state index contributed by atoms with van der Waals surface area (Å²) in [5, 5.41) is 16.0. The summed E-state index contributed by atoms with van der Waals surface area (Å²) < 4.78 is 4.66. The van der Waals surface area contributed by atoms with E-state index in [1.54, 1.807) is 4.90 Å². The summed E-state index contributed by atoms with van der Waals surface area (Å²) in [7, 11) is 0. The Labute approximate surface area is 99.6 Å². The molecule has 0 spiro atoms. The van der Waals surface area contributed by atoms with Crippen LogP contribution in [-0.2, 0) is 0 Å². The second-order valence-corrected chi connectivity index (χ2v) is 4.15. The van der Waals surface area contributed by atoms with Gasteiger partial charge >= 0.3 is 0 Å². The molecule has 94 valence electrons. The highest BCUT2D eigenvalue weighted by molar-refractivity contribution is 5.92. The summed E-state index contributed by atoms with van der Waals surface area (Å²) in [6, 6.07) is 1.85. The average Bonchev–Trinajstić information content (AvgIpc) is 3.00. The number of aliphatic hydroxyl groups is 1. The number of nitrogens with one attached hydrogen (secondary N) is 1. The molecule has 0 bridgehead atoms. The van der Waals surface area contributed by atoms with Crippen molar-refractivity contribution in [1.29, 1.82) is 0 Å². The predicted octanol–water partition coefficient (Wildman–Crippen LogP) is -0.139. The summed E-state index contributed by atoms with van der Waals surface area (Å²) in [5.74, 6) is -0.193. The number of amides is 1. The third kappa shape index (κ3) is 3.04. The molecule has 1 fully saturated rings. The molecule has 2 rings (SSSR count). The van der Waals surface area contributed by atoms with Crippen molar-refractivity contribution in [2.24, 2.45) is 0 Å². The standard InChI is InChI=1S/C11H17N3O3/c15-6-5-14(8-9-2-1-4-12-9)11(16)10-3-7-17-13-10/h3,7,9,12,15H,1-2,4-6,8H2. The van der Waals surface area contributed by atoms with Crippen LogP contribution in [0.1, 0.15) is 23.3 Å². The Morgan fingerprint density at radius 2 is 2.59 bits per heavy atom. The van der Waals surface area contributed by atoms with Gasteiger partial charge in [-0.05, 0) is 19.4 Å². The van der Waals surface area contributed by atoms with Crippen LogP contribution in [0.2, 0.25) is 0 Å². The second-order valence-electron chi connectivity index (χ2n) is 4.15. The average molecular weight is 239 g/mol. The minimum Gasteiger partial charge on any atom is -0.395 e. The summed E-state index contributed by atoms with van der Waals surface area (Å²) in [5.41, 5.74) is 0.288. The van der Waals surface area contributed by atoms with Gasteiger partial charge in [0.25, 0.3) is 5.91 Å². The van der Waals surface area contributed by atoms with Gasteiger partial charge in [0.2, 0.25) is 0 Å². The molecule has 2 heterocycles. The lowest BCUT2D eigenvalue weighted by atomic mass is 10.2. The van der Waals surface area contributed by atoms with Gasteiger partial charge in [-0.15, -0.1) is 0 Å². The Balaban J connectivity index is 1.98. The highest BCUT2D eigenvalue weighted by atomic mass is 16.5. The van der Waals surface area contributed by atoms with Gasteiger partial charge in [0.05, 0.1) is 6.61 Å². The van der Waals surface area contributed by atoms with Crippen molar-refractivity contribution in [3.8, 4) is 0 Å². The molecular weight excluding hydrogens is 222 g/mol. The van der Waals surface area contributed by atoms with Crippen LogP contribution in [0.5, 0.6) is 0 Å². The van der Waals surface area contributed by atoms with E-state index < -0.39 is 0 Å². The molecule has 1 unspecified atom stereocenters. The van der Waals surface area contributed by atoms with Crippen molar-refractivity contribution in [1.82, 2.24) is 15.4 Å². The summed E-state index contributed by atoms with van der Waals surface area (Å²) in [6.45, 7) is 1.88. The van der Waals surface area contributed by atoms with E-state index in [9.17, 15) is 4.79 Å². The molecule has 1 aromatic rings. The molecule has 0 radical (unpaired) electrons. The Kier molecular flexibility index (Phi) is 4.11. The fourth-order valence-electron chi connectivity index (χ4n) is 2.06. The highest BCUT2D eigenvalue weighted by Crippen LogP contribution is 2.09. The molecule has 0 aromatic carbocycles. The highest BCUT2D eigenvalue weighted by Gasteiger charge is 2.23. The molecular formula is C11H17N3O3. The zero-order valence-corrected chi connectivity index (χ0v) is 9.63. The van der Waals surface area contributed by atoms with Crippen LogP contribution in [0, 0.1) is 0 Å². The van der Waals surface area contributed by atoms with E-state index >= 15 is 0 Å². The molecule has 17 heavy (non-hydrogen) atoms. The van der Waals surface area contributed by atoms with Crippen LogP contribution in [0.15, 0.2) is 16.9 Å². The Hall–Kier alpha value is -1.40. The zero-order valence-electron chi connectivity index (χ0n) is 9.63. The van der Waals surface area contributed by atoms with Crippen molar-refractivity contribution in [3.63, 3.8) is 0 Å². The van der Waals surface area contributed by atoms with E-state index in [4.69, 9.17) is 5.11 Å². The van der Waals surface area contributed by atoms with Gasteiger partial charge in [-0.3, -0.25) is 4.79 Å². The summed E-state index contributed by atoms with van der Waals surface area (Å²) in [4.78, 5) is 13.7. The molecule has 1 aliphatic heterocycles. The molecule has 1 aliphatic rings. The van der Waals surface area contributed by atoms with Crippen LogP contribution in [0.3, 0.4) is 0 Å². The van der Waals surface area contributed by atoms with Crippen LogP contribution in [0.4, 0.5) is 0 Å². The number of hydrogen-bond acceptors (Lipinski definition) is 5. The van der Waals surface area contributed by atoms with E-state index in [1.165, 1.54) is 12.3 Å². The van der Waals surface area contributed by atoms with Gasteiger partial charge in [0.1, 0.15) is 6.26 Å². The van der Waals surface area contributed by atoms with Crippen LogP contribution in [0.25, 0.3) is 0 Å². The monoisotopic (exact) mass is 239 g/mol. The predicted molar refractivity (Wildman–Crippen MR) is 60.5 cm³/mol. The van der Waals surface area contributed by atoms with E-state index in [1.807, 2.05) is 0 Å². The van der Waals surface area contributed by atoms with Crippen LogP contribution in [-0.4, -0.2) is 53.4 Å². The molecule has 1 amide bonds. The van der Waals surface area contributed by atoms with Gasteiger partial charge < -0.3 is 19.8 Å². The zero-order chi connectivity index (χ0) is 12.1. The fourth-order valence-corrected chi connectivity index (χ4v) is 2.06. The molecule has 2 N–H and O–H groups in total. The van der Waals surface area contributed by atoms with Gasteiger partial charge in [0.15, 0.2) is 5.69 Å². The van der Waals surface area contributed by atoms with Gasteiger partial charge in [0, 0.05) is 25.2 Å². The molecule has 0 saturated carbocycles. The normalized spacial score (nSPS) is 19.5. The minimum atomic E-state index is -0.193. The van der Waals surface area contributed by atoms with Gasteiger partial charge in [-0.2, -0.15) is 0 Å². The SMILES string of the molecule is O=C(c1ccon1)N(CCO)CC1CCCN1. The van der Waals surface area contributed by atoms with Crippen molar-refractivity contribution < 1.29 is 14.4 Å². The molecule has 0 aliphatic carbocycles. The van der Waals surface area contributed by atoms with Crippen LogP contribution < -0.4 is 5.32 Å². The molecule has 1 atom stereocenters. The number of carbonyl (C=O) groups is 1. The maximum absolute atomic E-state index is 12.0. The minimum absolute atomic E-state index is 0.0453. The number of aliphatic hydroxyl groups excluding tert-OH is 1. The first-order chi connectivity index (χ1) is 8.31. The maximum Gasteiger partial charge on any atom is 0.276 e.